The zero-order valence-corrected chi connectivity index (χ0v) is 11.5. The third-order valence-electron chi connectivity index (χ3n) is 2.57. The van der Waals surface area contributed by atoms with Crippen LogP contribution in [0.1, 0.15) is 39.7 Å². The molecule has 1 nitrogen and oxygen atoms in total. The number of nitrogens with zero attached hydrogens (tertiary/aromatic N) is 1. The monoisotopic (exact) mass is 235 g/mol. The van der Waals surface area contributed by atoms with Gasteiger partial charge in [0.05, 0.1) is 0 Å². The lowest BCUT2D eigenvalue weighted by Gasteiger charge is -2.22. The fourth-order valence-corrected chi connectivity index (χ4v) is 2.36. The van der Waals surface area contributed by atoms with Crippen molar-refractivity contribution in [2.75, 3.05) is 6.54 Å². The molecular weight excluding hydrogens is 214 g/mol. The molecular formula is C14H21NS. The van der Waals surface area contributed by atoms with Gasteiger partial charge in [-0.25, -0.2) is 0 Å². The summed E-state index contributed by atoms with van der Waals surface area (Å²) in [4.78, 5) is 5.65. The fourth-order valence-electron chi connectivity index (χ4n) is 1.24. The minimum absolute atomic E-state index is 0.288. The number of rotatable bonds is 5. The number of thioether (sulfide) groups is 1. The van der Waals surface area contributed by atoms with Gasteiger partial charge in [-0.3, -0.25) is 4.99 Å². The van der Waals surface area contributed by atoms with Crippen molar-refractivity contribution in [1.82, 2.24) is 0 Å². The van der Waals surface area contributed by atoms with Gasteiger partial charge in [-0.2, -0.15) is 0 Å². The van der Waals surface area contributed by atoms with Crippen LogP contribution in [0.2, 0.25) is 0 Å². The topological polar surface area (TPSA) is 12.4 Å². The Hall–Kier alpha value is -0.760. The van der Waals surface area contributed by atoms with E-state index in [1.165, 1.54) is 10.5 Å². The molecule has 1 aromatic rings. The van der Waals surface area contributed by atoms with Crippen LogP contribution in [0.4, 0.5) is 0 Å². The van der Waals surface area contributed by atoms with Crippen molar-refractivity contribution in [3.63, 3.8) is 0 Å². The summed E-state index contributed by atoms with van der Waals surface area (Å²) < 4.78 is 0.288. The highest BCUT2D eigenvalue weighted by Gasteiger charge is 2.17. The van der Waals surface area contributed by atoms with Gasteiger partial charge in [0.25, 0.3) is 0 Å². The van der Waals surface area contributed by atoms with Gasteiger partial charge in [-0.05, 0) is 19.4 Å². The van der Waals surface area contributed by atoms with Crippen LogP contribution in [-0.2, 0) is 0 Å². The Morgan fingerprint density at radius 3 is 2.56 bits per heavy atom. The predicted octanol–water partition coefficient (Wildman–Crippen LogP) is 4.41. The molecule has 0 unspecified atom stereocenters. The maximum Gasteiger partial charge on any atom is 0.0361 e. The van der Waals surface area contributed by atoms with Gasteiger partial charge in [0.1, 0.15) is 0 Å². The largest absolute Gasteiger partial charge is 0.293 e. The van der Waals surface area contributed by atoms with E-state index in [-0.39, 0.29) is 4.75 Å². The molecule has 0 aliphatic heterocycles. The van der Waals surface area contributed by atoms with Gasteiger partial charge in [-0.15, -0.1) is 11.8 Å². The average molecular weight is 235 g/mol. The van der Waals surface area contributed by atoms with Gasteiger partial charge >= 0.3 is 0 Å². The van der Waals surface area contributed by atoms with Crippen molar-refractivity contribution in [2.24, 2.45) is 4.99 Å². The molecule has 0 aromatic heterocycles. The first-order chi connectivity index (χ1) is 7.59. The molecule has 88 valence electrons. The van der Waals surface area contributed by atoms with Gasteiger partial charge in [0, 0.05) is 28.0 Å². The number of aliphatic imine (C=N–C) groups is 1. The molecule has 0 N–H and O–H groups in total. The molecule has 0 saturated heterocycles. The van der Waals surface area contributed by atoms with E-state index in [1.54, 1.807) is 0 Å². The van der Waals surface area contributed by atoms with E-state index in [4.69, 9.17) is 0 Å². The lowest BCUT2D eigenvalue weighted by Crippen LogP contribution is -2.12. The minimum Gasteiger partial charge on any atom is -0.293 e. The lowest BCUT2D eigenvalue weighted by molar-refractivity contribution is 0.684. The van der Waals surface area contributed by atoms with E-state index >= 15 is 0 Å². The van der Waals surface area contributed by atoms with Crippen LogP contribution in [0.25, 0.3) is 0 Å². The third kappa shape index (κ3) is 4.01. The molecule has 0 atom stereocenters. The van der Waals surface area contributed by atoms with Crippen LogP contribution >= 0.6 is 11.8 Å². The van der Waals surface area contributed by atoms with Crippen LogP contribution in [0.5, 0.6) is 0 Å². The van der Waals surface area contributed by atoms with Crippen molar-refractivity contribution in [1.29, 1.82) is 0 Å². The number of hydrogen-bond acceptors (Lipinski definition) is 2. The van der Waals surface area contributed by atoms with E-state index < -0.39 is 0 Å². The Kier molecular flexibility index (Phi) is 5.07. The molecule has 0 aliphatic carbocycles. The lowest BCUT2D eigenvalue weighted by atomic mass is 10.1. The Labute approximate surface area is 103 Å². The molecule has 0 spiro atoms. The van der Waals surface area contributed by atoms with E-state index in [1.807, 2.05) is 18.0 Å². The standard InChI is InChI=1S/C14H21NS/c1-5-14(3,4)16-13-10-8-7-9-12(13)11-15-6-2/h7-11H,5-6H2,1-4H3. The normalized spacial score (nSPS) is 12.2. The molecule has 0 amide bonds. The van der Waals surface area contributed by atoms with Crippen molar-refractivity contribution in [3.8, 4) is 0 Å². The molecule has 1 rings (SSSR count). The van der Waals surface area contributed by atoms with E-state index in [0.717, 1.165) is 13.0 Å². The van der Waals surface area contributed by atoms with Gasteiger partial charge < -0.3 is 0 Å². The van der Waals surface area contributed by atoms with Crippen LogP contribution in [0.3, 0.4) is 0 Å². The maximum absolute atomic E-state index is 4.32. The number of benzene rings is 1. The average Bonchev–Trinajstić information content (AvgIpc) is 2.27. The molecule has 16 heavy (non-hydrogen) atoms. The molecule has 0 fully saturated rings. The smallest absolute Gasteiger partial charge is 0.0361 e. The van der Waals surface area contributed by atoms with E-state index in [9.17, 15) is 0 Å². The van der Waals surface area contributed by atoms with E-state index in [2.05, 4.69) is 57.0 Å². The van der Waals surface area contributed by atoms with Gasteiger partial charge in [0.2, 0.25) is 0 Å². The Balaban J connectivity index is 2.91. The quantitative estimate of drug-likeness (QED) is 0.544. The Bertz CT molecular complexity index is 356. The summed E-state index contributed by atoms with van der Waals surface area (Å²) in [6.45, 7) is 9.70. The summed E-state index contributed by atoms with van der Waals surface area (Å²) in [5.41, 5.74) is 1.23. The Morgan fingerprint density at radius 2 is 1.94 bits per heavy atom. The summed E-state index contributed by atoms with van der Waals surface area (Å²) in [7, 11) is 0. The van der Waals surface area contributed by atoms with E-state index in [0.29, 0.717) is 0 Å². The van der Waals surface area contributed by atoms with Crippen LogP contribution in [0, 0.1) is 0 Å². The molecule has 1 aromatic carbocycles. The first kappa shape index (κ1) is 13.3. The van der Waals surface area contributed by atoms with Gasteiger partial charge in [-0.1, -0.05) is 39.0 Å². The first-order valence-corrected chi connectivity index (χ1v) is 6.68. The van der Waals surface area contributed by atoms with Crippen molar-refractivity contribution in [2.45, 2.75) is 43.8 Å². The second kappa shape index (κ2) is 6.09. The molecule has 0 radical (unpaired) electrons. The van der Waals surface area contributed by atoms with Crippen LogP contribution in [-0.4, -0.2) is 17.5 Å². The van der Waals surface area contributed by atoms with Gasteiger partial charge in [0.15, 0.2) is 0 Å². The maximum atomic E-state index is 4.32. The summed E-state index contributed by atoms with van der Waals surface area (Å²) >= 11 is 1.93. The van der Waals surface area contributed by atoms with Crippen LogP contribution < -0.4 is 0 Å². The minimum atomic E-state index is 0.288. The number of hydrogen-bond donors (Lipinski definition) is 0. The summed E-state index contributed by atoms with van der Waals surface area (Å²) in [6.07, 6.45) is 3.14. The summed E-state index contributed by atoms with van der Waals surface area (Å²) in [6, 6.07) is 8.48. The van der Waals surface area contributed by atoms with Crippen molar-refractivity contribution in [3.05, 3.63) is 29.8 Å². The van der Waals surface area contributed by atoms with Crippen molar-refractivity contribution >= 4 is 18.0 Å². The first-order valence-electron chi connectivity index (χ1n) is 5.87. The molecule has 0 heterocycles. The summed E-state index contributed by atoms with van der Waals surface area (Å²) in [5.74, 6) is 0. The zero-order chi connectivity index (χ0) is 12.0. The highest BCUT2D eigenvalue weighted by Crippen LogP contribution is 2.36. The molecule has 2 heteroatoms. The molecule has 0 saturated carbocycles. The zero-order valence-electron chi connectivity index (χ0n) is 10.7. The highest BCUT2D eigenvalue weighted by atomic mass is 32.2. The third-order valence-corrected chi connectivity index (χ3v) is 4.00. The fraction of sp³-hybridized carbons (Fsp3) is 0.500. The van der Waals surface area contributed by atoms with Crippen LogP contribution in [0.15, 0.2) is 34.2 Å². The summed E-state index contributed by atoms with van der Waals surface area (Å²) in [5, 5.41) is 0. The molecule has 0 bridgehead atoms. The Morgan fingerprint density at radius 1 is 1.25 bits per heavy atom. The SMILES string of the molecule is CCN=Cc1ccccc1SC(C)(C)CC. The molecule has 0 aliphatic rings. The second-order valence-electron chi connectivity index (χ2n) is 4.38. The second-order valence-corrected chi connectivity index (χ2v) is 6.13. The predicted molar refractivity (Wildman–Crippen MR) is 74.8 cm³/mol. The highest BCUT2D eigenvalue weighted by molar-refractivity contribution is 8.00. The van der Waals surface area contributed by atoms with Crippen molar-refractivity contribution < 1.29 is 0 Å².